The molecule has 2 aromatic rings. The number of aromatic amines is 1. The molecule has 2 aliphatic rings. The van der Waals surface area contributed by atoms with Crippen molar-refractivity contribution in [2.45, 2.75) is 52.6 Å². The van der Waals surface area contributed by atoms with Crippen molar-refractivity contribution >= 4 is 5.91 Å². The summed E-state index contributed by atoms with van der Waals surface area (Å²) in [6, 6.07) is 9.00. The summed E-state index contributed by atoms with van der Waals surface area (Å²) in [6.07, 6.45) is 4.11. The van der Waals surface area contributed by atoms with Crippen LogP contribution in [0.1, 0.15) is 51.0 Å². The zero-order valence-corrected chi connectivity index (χ0v) is 15.5. The summed E-state index contributed by atoms with van der Waals surface area (Å²) in [5, 5.41) is 0. The molecule has 4 heteroatoms. The fourth-order valence-electron chi connectivity index (χ4n) is 3.92. The van der Waals surface area contributed by atoms with Crippen LogP contribution in [0.25, 0.3) is 11.3 Å². The predicted molar refractivity (Wildman–Crippen MR) is 98.9 cm³/mol. The van der Waals surface area contributed by atoms with E-state index in [0.29, 0.717) is 23.8 Å². The predicted octanol–water partition coefficient (Wildman–Crippen LogP) is 4.34. The van der Waals surface area contributed by atoms with Gasteiger partial charge < -0.3 is 9.88 Å². The number of carbonyl (C=O) groups excluding carboxylic acids is 1. The number of rotatable bonds is 4. The number of nitrogens with one attached hydrogen (secondary N) is 1. The fourth-order valence-corrected chi connectivity index (χ4v) is 3.92. The molecule has 1 aliphatic carbocycles. The molecule has 0 radical (unpaired) electrons. The number of hydrogen-bond acceptors (Lipinski definition) is 2. The van der Waals surface area contributed by atoms with E-state index in [9.17, 15) is 4.79 Å². The highest BCUT2D eigenvalue weighted by Gasteiger charge is 2.55. The SMILES string of the molecule is Cc1ccc(-c2cnc([C@@H]3C[C@@H]4C[C@@H]4N3C(=O)[C@@H](C)C(C)C)[nH]2)cc1. The molecule has 1 aromatic carbocycles. The van der Waals surface area contributed by atoms with Crippen molar-refractivity contribution in [3.05, 3.63) is 41.9 Å². The number of aryl methyl sites for hydroxylation is 1. The lowest BCUT2D eigenvalue weighted by Gasteiger charge is -2.30. The molecule has 1 N–H and O–H groups in total. The first-order valence-corrected chi connectivity index (χ1v) is 9.40. The molecule has 0 spiro atoms. The molecule has 1 aliphatic heterocycles. The summed E-state index contributed by atoms with van der Waals surface area (Å²) in [7, 11) is 0. The number of benzene rings is 1. The van der Waals surface area contributed by atoms with Crippen LogP contribution < -0.4 is 0 Å². The van der Waals surface area contributed by atoms with E-state index < -0.39 is 0 Å². The summed E-state index contributed by atoms with van der Waals surface area (Å²) in [6.45, 7) is 8.40. The van der Waals surface area contributed by atoms with Crippen LogP contribution >= 0.6 is 0 Å². The van der Waals surface area contributed by atoms with Crippen molar-refractivity contribution in [1.82, 2.24) is 14.9 Å². The Labute approximate surface area is 149 Å². The van der Waals surface area contributed by atoms with Crippen LogP contribution in [0.3, 0.4) is 0 Å². The van der Waals surface area contributed by atoms with Crippen molar-refractivity contribution in [3.8, 4) is 11.3 Å². The van der Waals surface area contributed by atoms with Crippen LogP contribution in [-0.2, 0) is 4.79 Å². The van der Waals surface area contributed by atoms with Crippen LogP contribution in [0.2, 0.25) is 0 Å². The second-order valence-corrected chi connectivity index (χ2v) is 8.14. The molecule has 1 saturated carbocycles. The molecule has 0 unspecified atom stereocenters. The highest BCUT2D eigenvalue weighted by atomic mass is 16.2. The molecule has 1 saturated heterocycles. The number of carbonyl (C=O) groups is 1. The lowest BCUT2D eigenvalue weighted by atomic mass is 9.96. The molecular formula is C21H27N3O. The van der Waals surface area contributed by atoms with Gasteiger partial charge in [-0.15, -0.1) is 0 Å². The Kier molecular flexibility index (Phi) is 3.94. The van der Waals surface area contributed by atoms with Crippen molar-refractivity contribution in [1.29, 1.82) is 0 Å². The van der Waals surface area contributed by atoms with Crippen LogP contribution in [0.15, 0.2) is 30.5 Å². The molecule has 2 heterocycles. The third-order valence-corrected chi connectivity index (χ3v) is 6.02. The standard InChI is InChI=1S/C21H27N3O/c1-12(2)14(4)21(25)24-18-9-16(18)10-19(24)20-22-11-17(23-20)15-7-5-13(3)6-8-15/h5-8,11-12,14,16,18-19H,9-10H2,1-4H3,(H,22,23)/t14-,16-,18-,19-/m0/s1. The molecule has 1 amide bonds. The fraction of sp³-hybridized carbons (Fsp3) is 0.524. The minimum atomic E-state index is 0.0633. The van der Waals surface area contributed by atoms with Gasteiger partial charge in [-0.25, -0.2) is 4.98 Å². The summed E-state index contributed by atoms with van der Waals surface area (Å²) in [5.41, 5.74) is 3.42. The number of imidazole rings is 1. The zero-order valence-electron chi connectivity index (χ0n) is 15.5. The lowest BCUT2D eigenvalue weighted by Crippen LogP contribution is -2.39. The van der Waals surface area contributed by atoms with Gasteiger partial charge in [0.15, 0.2) is 0 Å². The van der Waals surface area contributed by atoms with Crippen molar-refractivity contribution in [3.63, 3.8) is 0 Å². The maximum Gasteiger partial charge on any atom is 0.226 e. The summed E-state index contributed by atoms with van der Waals surface area (Å²) < 4.78 is 0. The van der Waals surface area contributed by atoms with Crippen LogP contribution in [-0.4, -0.2) is 26.8 Å². The van der Waals surface area contributed by atoms with Gasteiger partial charge in [0.2, 0.25) is 5.91 Å². The smallest absolute Gasteiger partial charge is 0.226 e. The first-order chi connectivity index (χ1) is 12.0. The molecule has 4 atom stereocenters. The number of fused-ring (bicyclic) bond motifs is 1. The number of piperidine rings is 1. The molecule has 132 valence electrons. The van der Waals surface area contributed by atoms with E-state index in [1.165, 1.54) is 12.0 Å². The molecule has 4 nitrogen and oxygen atoms in total. The van der Waals surface area contributed by atoms with E-state index in [1.807, 2.05) is 6.20 Å². The Morgan fingerprint density at radius 1 is 1.20 bits per heavy atom. The Hall–Kier alpha value is -2.10. The Bertz CT molecular complexity index is 777. The number of nitrogens with zero attached hydrogens (tertiary/aromatic N) is 2. The summed E-state index contributed by atoms with van der Waals surface area (Å²) >= 11 is 0. The Morgan fingerprint density at radius 2 is 1.92 bits per heavy atom. The Morgan fingerprint density at radius 3 is 2.60 bits per heavy atom. The van der Waals surface area contributed by atoms with Crippen molar-refractivity contribution in [2.75, 3.05) is 0 Å². The van der Waals surface area contributed by atoms with E-state index in [-0.39, 0.29) is 12.0 Å². The molecule has 1 aromatic heterocycles. The second-order valence-electron chi connectivity index (χ2n) is 8.14. The highest BCUT2D eigenvalue weighted by Crippen LogP contribution is 2.53. The van der Waals surface area contributed by atoms with Crippen LogP contribution in [0, 0.1) is 24.7 Å². The van der Waals surface area contributed by atoms with Gasteiger partial charge in [0, 0.05) is 12.0 Å². The minimum absolute atomic E-state index is 0.0633. The van der Waals surface area contributed by atoms with E-state index in [2.05, 4.69) is 66.8 Å². The first kappa shape index (κ1) is 16.4. The topological polar surface area (TPSA) is 49.0 Å². The van der Waals surface area contributed by atoms with Crippen molar-refractivity contribution < 1.29 is 4.79 Å². The van der Waals surface area contributed by atoms with Gasteiger partial charge in [-0.1, -0.05) is 50.6 Å². The minimum Gasteiger partial charge on any atom is -0.340 e. The number of aromatic nitrogens is 2. The molecule has 25 heavy (non-hydrogen) atoms. The first-order valence-electron chi connectivity index (χ1n) is 9.40. The van der Waals surface area contributed by atoms with E-state index in [0.717, 1.165) is 23.5 Å². The number of amides is 1. The maximum absolute atomic E-state index is 13.0. The van der Waals surface area contributed by atoms with E-state index in [1.54, 1.807) is 0 Å². The normalized spacial score (nSPS) is 26.0. The van der Waals surface area contributed by atoms with Crippen molar-refractivity contribution in [2.24, 2.45) is 17.8 Å². The van der Waals surface area contributed by atoms with E-state index in [4.69, 9.17) is 0 Å². The third kappa shape index (κ3) is 2.88. The van der Waals surface area contributed by atoms with E-state index >= 15 is 0 Å². The molecule has 4 rings (SSSR count). The molecule has 0 bridgehead atoms. The third-order valence-electron chi connectivity index (χ3n) is 6.02. The van der Waals surface area contributed by atoms with Gasteiger partial charge in [0.1, 0.15) is 5.82 Å². The number of likely N-dealkylation sites (tertiary alicyclic amines) is 1. The van der Waals surface area contributed by atoms with Crippen LogP contribution in [0.5, 0.6) is 0 Å². The van der Waals surface area contributed by atoms with Gasteiger partial charge in [-0.05, 0) is 37.2 Å². The quantitative estimate of drug-likeness (QED) is 0.902. The molecular weight excluding hydrogens is 310 g/mol. The van der Waals surface area contributed by atoms with Gasteiger partial charge in [0.25, 0.3) is 0 Å². The lowest BCUT2D eigenvalue weighted by molar-refractivity contribution is -0.138. The molecule has 2 fully saturated rings. The monoisotopic (exact) mass is 337 g/mol. The average Bonchev–Trinajstić information content (AvgIpc) is 3.04. The number of H-pyrrole nitrogens is 1. The largest absolute Gasteiger partial charge is 0.340 e. The average molecular weight is 337 g/mol. The summed E-state index contributed by atoms with van der Waals surface area (Å²) in [4.78, 5) is 23.3. The van der Waals surface area contributed by atoms with Gasteiger partial charge in [-0.3, -0.25) is 4.79 Å². The maximum atomic E-state index is 13.0. The zero-order chi connectivity index (χ0) is 17.7. The highest BCUT2D eigenvalue weighted by molar-refractivity contribution is 5.80. The summed E-state index contributed by atoms with van der Waals surface area (Å²) in [5.74, 6) is 2.32. The Balaban J connectivity index is 1.59. The van der Waals surface area contributed by atoms with Gasteiger partial charge in [0.05, 0.1) is 17.9 Å². The van der Waals surface area contributed by atoms with Gasteiger partial charge in [-0.2, -0.15) is 0 Å². The van der Waals surface area contributed by atoms with Gasteiger partial charge >= 0.3 is 0 Å². The second kappa shape index (κ2) is 6.01. The van der Waals surface area contributed by atoms with Crippen LogP contribution in [0.4, 0.5) is 0 Å². The number of hydrogen-bond donors (Lipinski definition) is 1.